The maximum atomic E-state index is 11.9. The van der Waals surface area contributed by atoms with Crippen LogP contribution >= 0.6 is 0 Å². The van der Waals surface area contributed by atoms with E-state index in [1.807, 2.05) is 20.8 Å². The van der Waals surface area contributed by atoms with Crippen LogP contribution in [-0.4, -0.2) is 27.0 Å². The van der Waals surface area contributed by atoms with Crippen molar-refractivity contribution in [3.8, 4) is 0 Å². The van der Waals surface area contributed by atoms with E-state index in [2.05, 4.69) is 5.32 Å². The molecule has 3 N–H and O–H groups in total. The van der Waals surface area contributed by atoms with Crippen molar-refractivity contribution < 1.29 is 17.9 Å². The molecule has 7 heteroatoms. The fourth-order valence-corrected chi connectivity index (χ4v) is 2.47. The van der Waals surface area contributed by atoms with Crippen molar-refractivity contribution in [2.75, 3.05) is 6.61 Å². The maximum absolute atomic E-state index is 11.9. The predicted octanol–water partition coefficient (Wildman–Crippen LogP) is 1.72. The van der Waals surface area contributed by atoms with Gasteiger partial charge in [0.25, 0.3) is 0 Å². The van der Waals surface area contributed by atoms with Crippen LogP contribution in [0.25, 0.3) is 0 Å². The number of carbonyl (C=O) groups excluding carboxylic acids is 1. The number of sulfonamides is 1. The summed E-state index contributed by atoms with van der Waals surface area (Å²) in [5.74, 6) is -0.229. The van der Waals surface area contributed by atoms with Crippen LogP contribution in [0.15, 0.2) is 29.2 Å². The molecule has 2 atom stereocenters. The molecule has 6 nitrogen and oxygen atoms in total. The molecule has 0 unspecified atom stereocenters. The summed E-state index contributed by atoms with van der Waals surface area (Å²) >= 11 is 0. The highest BCUT2D eigenvalue weighted by molar-refractivity contribution is 7.89. The number of rotatable bonds is 8. The molecule has 0 spiro atoms. The summed E-state index contributed by atoms with van der Waals surface area (Å²) in [6.07, 6.45) is 1.49. The second-order valence-electron chi connectivity index (χ2n) is 5.18. The van der Waals surface area contributed by atoms with Crippen molar-refractivity contribution in [2.45, 2.75) is 50.7 Å². The largest absolute Gasteiger partial charge is 0.369 e. The summed E-state index contributed by atoms with van der Waals surface area (Å²) in [4.78, 5) is 11.9. The van der Waals surface area contributed by atoms with Gasteiger partial charge in [0.05, 0.1) is 17.0 Å². The lowest BCUT2D eigenvalue weighted by atomic mass is 10.0. The highest BCUT2D eigenvalue weighted by atomic mass is 32.2. The number of carbonyl (C=O) groups is 1. The number of nitrogens with two attached hydrogens (primary N) is 1. The molecule has 22 heavy (non-hydrogen) atoms. The molecule has 1 amide bonds. The van der Waals surface area contributed by atoms with Crippen LogP contribution in [0.2, 0.25) is 0 Å². The van der Waals surface area contributed by atoms with Gasteiger partial charge < -0.3 is 10.1 Å². The fraction of sp³-hybridized carbons (Fsp3) is 0.533. The van der Waals surface area contributed by atoms with Crippen LogP contribution in [0.1, 0.15) is 45.2 Å². The Balaban J connectivity index is 2.78. The third kappa shape index (κ3) is 5.75. The summed E-state index contributed by atoms with van der Waals surface area (Å²) in [6.45, 7) is 5.78. The molecule has 0 aromatic heterocycles. The highest BCUT2D eigenvalue weighted by Crippen LogP contribution is 2.19. The van der Waals surface area contributed by atoms with Crippen molar-refractivity contribution in [3.63, 3.8) is 0 Å². The number of benzene rings is 1. The molecule has 1 aromatic rings. The van der Waals surface area contributed by atoms with E-state index in [1.54, 1.807) is 12.1 Å². The van der Waals surface area contributed by atoms with Crippen molar-refractivity contribution >= 4 is 15.9 Å². The van der Waals surface area contributed by atoms with E-state index in [1.165, 1.54) is 12.1 Å². The molecule has 0 radical (unpaired) electrons. The van der Waals surface area contributed by atoms with Gasteiger partial charge in [0.15, 0.2) is 0 Å². The molecule has 0 aliphatic carbocycles. The number of nitrogens with one attached hydrogen (secondary N) is 1. The lowest BCUT2D eigenvalue weighted by Gasteiger charge is -2.19. The number of amides is 1. The Morgan fingerprint density at radius 2 is 2.00 bits per heavy atom. The zero-order valence-corrected chi connectivity index (χ0v) is 14.0. The molecular formula is C15H24N2O4S. The van der Waals surface area contributed by atoms with Crippen molar-refractivity contribution in [1.82, 2.24) is 5.32 Å². The first-order valence-electron chi connectivity index (χ1n) is 7.31. The van der Waals surface area contributed by atoms with Gasteiger partial charge in [0, 0.05) is 0 Å². The van der Waals surface area contributed by atoms with E-state index in [0.717, 1.165) is 6.42 Å². The highest BCUT2D eigenvalue weighted by Gasteiger charge is 2.16. The number of hydrogen-bond acceptors (Lipinski definition) is 4. The molecule has 0 bridgehead atoms. The Hall–Kier alpha value is -1.44. The average molecular weight is 328 g/mol. The maximum Gasteiger partial charge on any atom is 0.246 e. The number of ether oxygens (including phenoxy) is 1. The van der Waals surface area contributed by atoms with Gasteiger partial charge in [-0.3, -0.25) is 4.79 Å². The van der Waals surface area contributed by atoms with Crippen molar-refractivity contribution in [1.29, 1.82) is 0 Å². The smallest absolute Gasteiger partial charge is 0.246 e. The van der Waals surface area contributed by atoms with E-state index < -0.39 is 10.0 Å². The van der Waals surface area contributed by atoms with Gasteiger partial charge in [0.2, 0.25) is 15.9 Å². The molecular weight excluding hydrogens is 304 g/mol. The SMILES string of the molecule is CC[C@@H](C)OCC(=O)N[C@H](CC)c1cccc(S(N)(=O)=O)c1. The molecule has 0 aliphatic heterocycles. The van der Waals surface area contributed by atoms with Crippen LogP contribution in [0, 0.1) is 0 Å². The van der Waals surface area contributed by atoms with E-state index in [-0.39, 0.29) is 29.6 Å². The van der Waals surface area contributed by atoms with Gasteiger partial charge in [-0.2, -0.15) is 0 Å². The minimum Gasteiger partial charge on any atom is -0.369 e. The van der Waals surface area contributed by atoms with Crippen LogP contribution in [-0.2, 0) is 19.6 Å². The Morgan fingerprint density at radius 1 is 1.32 bits per heavy atom. The van der Waals surface area contributed by atoms with Crippen LogP contribution < -0.4 is 10.5 Å². The monoisotopic (exact) mass is 328 g/mol. The standard InChI is InChI=1S/C15H24N2O4S/c1-4-11(3)21-10-15(18)17-14(5-2)12-7-6-8-13(9-12)22(16,19)20/h6-9,11,14H,4-5,10H2,1-3H3,(H,17,18)(H2,16,19,20)/t11-,14-/m1/s1. The first-order chi connectivity index (χ1) is 10.3. The Bertz CT molecular complexity index is 601. The molecule has 0 fully saturated rings. The lowest BCUT2D eigenvalue weighted by molar-refractivity contribution is -0.128. The third-order valence-electron chi connectivity index (χ3n) is 3.41. The van der Waals surface area contributed by atoms with Gasteiger partial charge in [-0.15, -0.1) is 0 Å². The zero-order valence-electron chi connectivity index (χ0n) is 13.2. The fourth-order valence-electron chi connectivity index (χ4n) is 1.90. The van der Waals surface area contributed by atoms with E-state index in [9.17, 15) is 13.2 Å². The van der Waals surface area contributed by atoms with Crippen molar-refractivity contribution in [2.24, 2.45) is 5.14 Å². The molecule has 0 saturated carbocycles. The molecule has 0 saturated heterocycles. The van der Waals surface area contributed by atoms with Gasteiger partial charge >= 0.3 is 0 Å². The third-order valence-corrected chi connectivity index (χ3v) is 4.32. The summed E-state index contributed by atoms with van der Waals surface area (Å²) in [5.41, 5.74) is 0.700. The van der Waals surface area contributed by atoms with Crippen LogP contribution in [0.3, 0.4) is 0 Å². The minimum atomic E-state index is -3.76. The molecule has 1 rings (SSSR count). The second kappa shape index (κ2) is 8.26. The normalized spacial score (nSPS) is 14.4. The Kier molecular flexibility index (Phi) is 6.99. The van der Waals surface area contributed by atoms with Gasteiger partial charge in [-0.05, 0) is 37.5 Å². The Morgan fingerprint density at radius 3 is 2.55 bits per heavy atom. The topological polar surface area (TPSA) is 98.5 Å². The summed E-state index contributed by atoms with van der Waals surface area (Å²) in [6, 6.07) is 6.01. The summed E-state index contributed by atoms with van der Waals surface area (Å²) in [7, 11) is -3.76. The Labute approximate surface area is 132 Å². The second-order valence-corrected chi connectivity index (χ2v) is 6.74. The predicted molar refractivity (Wildman–Crippen MR) is 84.7 cm³/mol. The number of primary sulfonamides is 1. The van der Waals surface area contributed by atoms with Crippen molar-refractivity contribution in [3.05, 3.63) is 29.8 Å². The van der Waals surface area contributed by atoms with E-state index in [0.29, 0.717) is 12.0 Å². The number of hydrogen-bond donors (Lipinski definition) is 2. The van der Waals surface area contributed by atoms with Crippen LogP contribution in [0.4, 0.5) is 0 Å². The molecule has 0 aliphatic rings. The minimum absolute atomic E-state index is 0.0135. The first kappa shape index (κ1) is 18.6. The quantitative estimate of drug-likeness (QED) is 0.759. The first-order valence-corrected chi connectivity index (χ1v) is 8.86. The summed E-state index contributed by atoms with van der Waals surface area (Å²) in [5, 5.41) is 7.97. The van der Waals surface area contributed by atoms with Gasteiger partial charge in [-0.25, -0.2) is 13.6 Å². The molecule has 0 heterocycles. The lowest BCUT2D eigenvalue weighted by Crippen LogP contribution is -2.32. The molecule has 1 aromatic carbocycles. The van der Waals surface area contributed by atoms with E-state index in [4.69, 9.17) is 9.88 Å². The zero-order chi connectivity index (χ0) is 16.8. The van der Waals surface area contributed by atoms with E-state index >= 15 is 0 Å². The average Bonchev–Trinajstić information content (AvgIpc) is 2.49. The van der Waals surface area contributed by atoms with Crippen LogP contribution in [0.5, 0.6) is 0 Å². The van der Waals surface area contributed by atoms with Gasteiger partial charge in [0.1, 0.15) is 6.61 Å². The van der Waals surface area contributed by atoms with Gasteiger partial charge in [-0.1, -0.05) is 26.0 Å². The molecule has 124 valence electrons. The summed E-state index contributed by atoms with van der Waals surface area (Å²) < 4.78 is 28.2.